The SMILES string of the molecule is CCOc1ccc(-c2nc(CN)co2)cc1OCC. The fraction of sp³-hybridized carbons (Fsp3) is 0.357. The molecule has 0 aliphatic heterocycles. The van der Waals surface area contributed by atoms with E-state index in [9.17, 15) is 0 Å². The van der Waals surface area contributed by atoms with Crippen molar-refractivity contribution in [2.45, 2.75) is 20.4 Å². The number of nitrogens with two attached hydrogens (primary N) is 1. The number of aromatic nitrogens is 1. The Hall–Kier alpha value is -2.01. The van der Waals surface area contributed by atoms with Crippen LogP contribution in [-0.4, -0.2) is 18.2 Å². The van der Waals surface area contributed by atoms with E-state index in [-0.39, 0.29) is 0 Å². The molecule has 2 aromatic rings. The summed E-state index contributed by atoms with van der Waals surface area (Å²) in [5.41, 5.74) is 7.08. The molecule has 0 aliphatic rings. The summed E-state index contributed by atoms with van der Waals surface area (Å²) >= 11 is 0. The van der Waals surface area contributed by atoms with E-state index in [4.69, 9.17) is 19.6 Å². The van der Waals surface area contributed by atoms with E-state index in [1.54, 1.807) is 6.26 Å². The maximum Gasteiger partial charge on any atom is 0.226 e. The van der Waals surface area contributed by atoms with Crippen molar-refractivity contribution in [3.8, 4) is 23.0 Å². The largest absolute Gasteiger partial charge is 0.490 e. The summed E-state index contributed by atoms with van der Waals surface area (Å²) in [6.45, 7) is 5.39. The van der Waals surface area contributed by atoms with Gasteiger partial charge in [0.1, 0.15) is 6.26 Å². The Labute approximate surface area is 112 Å². The average molecular weight is 262 g/mol. The summed E-state index contributed by atoms with van der Waals surface area (Å²) in [4.78, 5) is 4.29. The first-order valence-corrected chi connectivity index (χ1v) is 6.33. The van der Waals surface area contributed by atoms with Gasteiger partial charge in [-0.15, -0.1) is 0 Å². The van der Waals surface area contributed by atoms with E-state index in [2.05, 4.69) is 4.98 Å². The molecule has 5 nitrogen and oxygen atoms in total. The fourth-order valence-corrected chi connectivity index (χ4v) is 1.72. The maximum absolute atomic E-state index is 5.57. The smallest absolute Gasteiger partial charge is 0.226 e. The van der Waals surface area contributed by atoms with Gasteiger partial charge in [-0.2, -0.15) is 0 Å². The molecule has 0 unspecified atom stereocenters. The van der Waals surface area contributed by atoms with Gasteiger partial charge < -0.3 is 19.6 Å². The fourth-order valence-electron chi connectivity index (χ4n) is 1.72. The zero-order valence-electron chi connectivity index (χ0n) is 11.2. The van der Waals surface area contributed by atoms with Crippen LogP contribution in [-0.2, 0) is 6.54 Å². The van der Waals surface area contributed by atoms with Gasteiger partial charge in [0, 0.05) is 12.1 Å². The Balaban J connectivity index is 2.33. The van der Waals surface area contributed by atoms with Gasteiger partial charge >= 0.3 is 0 Å². The summed E-state index contributed by atoms with van der Waals surface area (Å²) in [7, 11) is 0. The first kappa shape index (κ1) is 13.4. The van der Waals surface area contributed by atoms with Crippen molar-refractivity contribution >= 4 is 0 Å². The molecule has 0 bridgehead atoms. The Bertz CT molecular complexity index is 537. The van der Waals surface area contributed by atoms with Crippen LogP contribution in [0.5, 0.6) is 11.5 Å². The third-order valence-electron chi connectivity index (χ3n) is 2.55. The summed E-state index contributed by atoms with van der Waals surface area (Å²) in [5, 5.41) is 0. The van der Waals surface area contributed by atoms with E-state index in [1.165, 1.54) is 0 Å². The van der Waals surface area contributed by atoms with Gasteiger partial charge in [-0.05, 0) is 32.0 Å². The van der Waals surface area contributed by atoms with Gasteiger partial charge in [-0.25, -0.2) is 4.98 Å². The summed E-state index contributed by atoms with van der Waals surface area (Å²) in [6, 6.07) is 5.61. The third-order valence-corrected chi connectivity index (χ3v) is 2.55. The van der Waals surface area contributed by atoms with Gasteiger partial charge in [0.2, 0.25) is 5.89 Å². The molecule has 0 atom stereocenters. The highest BCUT2D eigenvalue weighted by Crippen LogP contribution is 2.32. The Morgan fingerprint density at radius 2 is 1.89 bits per heavy atom. The molecule has 2 N–H and O–H groups in total. The molecule has 19 heavy (non-hydrogen) atoms. The molecule has 0 radical (unpaired) electrons. The van der Waals surface area contributed by atoms with E-state index >= 15 is 0 Å². The van der Waals surface area contributed by atoms with Crippen molar-refractivity contribution in [2.24, 2.45) is 5.73 Å². The van der Waals surface area contributed by atoms with E-state index < -0.39 is 0 Å². The molecular weight excluding hydrogens is 244 g/mol. The predicted octanol–water partition coefficient (Wildman–Crippen LogP) is 2.60. The molecule has 0 amide bonds. The van der Waals surface area contributed by atoms with Gasteiger partial charge in [-0.1, -0.05) is 0 Å². The minimum absolute atomic E-state index is 0.360. The molecule has 0 saturated heterocycles. The van der Waals surface area contributed by atoms with Crippen LogP contribution in [0, 0.1) is 0 Å². The highest BCUT2D eigenvalue weighted by atomic mass is 16.5. The topological polar surface area (TPSA) is 70.5 Å². The van der Waals surface area contributed by atoms with Crippen molar-refractivity contribution in [1.82, 2.24) is 4.98 Å². The van der Waals surface area contributed by atoms with Crippen LogP contribution in [0.4, 0.5) is 0 Å². The van der Waals surface area contributed by atoms with Crippen LogP contribution in [0.1, 0.15) is 19.5 Å². The highest BCUT2D eigenvalue weighted by molar-refractivity contribution is 5.60. The van der Waals surface area contributed by atoms with Crippen LogP contribution in [0.3, 0.4) is 0 Å². The summed E-state index contributed by atoms with van der Waals surface area (Å²) < 4.78 is 16.5. The molecule has 102 valence electrons. The number of benzene rings is 1. The maximum atomic E-state index is 5.57. The van der Waals surface area contributed by atoms with Crippen LogP contribution < -0.4 is 15.2 Å². The minimum Gasteiger partial charge on any atom is -0.490 e. The number of hydrogen-bond donors (Lipinski definition) is 1. The Kier molecular flexibility index (Phi) is 4.41. The standard InChI is InChI=1S/C14H18N2O3/c1-3-17-12-6-5-10(7-13(12)18-4-2)14-16-11(8-15)9-19-14/h5-7,9H,3-4,8,15H2,1-2H3. The van der Waals surface area contributed by atoms with E-state index in [1.807, 2.05) is 32.0 Å². The van der Waals surface area contributed by atoms with Crippen molar-refractivity contribution < 1.29 is 13.9 Å². The predicted molar refractivity (Wildman–Crippen MR) is 72.2 cm³/mol. The van der Waals surface area contributed by atoms with Crippen molar-refractivity contribution in [2.75, 3.05) is 13.2 Å². The van der Waals surface area contributed by atoms with E-state index in [0.717, 1.165) is 17.0 Å². The molecule has 1 aromatic carbocycles. The van der Waals surface area contributed by atoms with E-state index in [0.29, 0.717) is 31.4 Å². The number of nitrogens with zero attached hydrogens (tertiary/aromatic N) is 1. The van der Waals surface area contributed by atoms with Crippen molar-refractivity contribution in [1.29, 1.82) is 0 Å². The molecule has 0 spiro atoms. The monoisotopic (exact) mass is 262 g/mol. The third kappa shape index (κ3) is 3.06. The second-order valence-electron chi connectivity index (χ2n) is 3.88. The molecule has 2 rings (SSSR count). The van der Waals surface area contributed by atoms with Gasteiger partial charge in [0.05, 0.1) is 18.9 Å². The minimum atomic E-state index is 0.360. The molecule has 0 aliphatic carbocycles. The average Bonchev–Trinajstić information content (AvgIpc) is 2.90. The first-order chi connectivity index (χ1) is 9.28. The second-order valence-corrected chi connectivity index (χ2v) is 3.88. The molecule has 1 aromatic heterocycles. The highest BCUT2D eigenvalue weighted by Gasteiger charge is 2.11. The number of hydrogen-bond acceptors (Lipinski definition) is 5. The lowest BCUT2D eigenvalue weighted by Gasteiger charge is -2.11. The van der Waals surface area contributed by atoms with Crippen molar-refractivity contribution in [3.63, 3.8) is 0 Å². The molecule has 0 fully saturated rings. The van der Waals surface area contributed by atoms with Crippen LogP contribution in [0.15, 0.2) is 28.9 Å². The van der Waals surface area contributed by atoms with Crippen LogP contribution in [0.2, 0.25) is 0 Å². The molecule has 5 heteroatoms. The normalized spacial score (nSPS) is 10.5. The summed E-state index contributed by atoms with van der Waals surface area (Å²) in [5.74, 6) is 1.94. The molecule has 0 saturated carbocycles. The van der Waals surface area contributed by atoms with Gasteiger partial charge in [0.25, 0.3) is 0 Å². The van der Waals surface area contributed by atoms with Crippen LogP contribution in [0.25, 0.3) is 11.5 Å². The molecular formula is C14H18N2O3. The first-order valence-electron chi connectivity index (χ1n) is 6.33. The van der Waals surface area contributed by atoms with Gasteiger partial charge in [-0.3, -0.25) is 0 Å². The lowest BCUT2D eigenvalue weighted by atomic mass is 10.2. The quantitative estimate of drug-likeness (QED) is 0.866. The van der Waals surface area contributed by atoms with Crippen molar-refractivity contribution in [3.05, 3.63) is 30.2 Å². The second kappa shape index (κ2) is 6.24. The number of rotatable bonds is 6. The zero-order valence-corrected chi connectivity index (χ0v) is 11.2. The number of oxazole rings is 1. The van der Waals surface area contributed by atoms with Gasteiger partial charge in [0.15, 0.2) is 11.5 Å². The zero-order chi connectivity index (χ0) is 13.7. The number of ether oxygens (including phenoxy) is 2. The molecule has 1 heterocycles. The van der Waals surface area contributed by atoms with Crippen LogP contribution >= 0.6 is 0 Å². The summed E-state index contributed by atoms with van der Waals surface area (Å²) in [6.07, 6.45) is 1.56. The lowest BCUT2D eigenvalue weighted by Crippen LogP contribution is -1.98. The Morgan fingerprint density at radius 3 is 2.53 bits per heavy atom. The Morgan fingerprint density at radius 1 is 1.16 bits per heavy atom. The lowest BCUT2D eigenvalue weighted by molar-refractivity contribution is 0.288.